The molecule has 0 N–H and O–H groups in total. The summed E-state index contributed by atoms with van der Waals surface area (Å²) in [4.78, 5) is 24.3. The Morgan fingerprint density at radius 3 is 2.73 bits per heavy atom. The molecule has 4 rings (SSSR count). The van der Waals surface area contributed by atoms with Crippen LogP contribution in [-0.4, -0.2) is 11.9 Å². The number of Topliss-reactive ketones (excluding diaryl/α,β-unsaturated/α-hetero) is 1. The summed E-state index contributed by atoms with van der Waals surface area (Å²) in [5.74, 6) is 0.457. The van der Waals surface area contributed by atoms with E-state index in [4.69, 9.17) is 9.15 Å². The van der Waals surface area contributed by atoms with Crippen LogP contribution in [0.4, 0.5) is 0 Å². The van der Waals surface area contributed by atoms with Crippen LogP contribution < -0.4 is 10.4 Å². The highest BCUT2D eigenvalue weighted by Crippen LogP contribution is 2.25. The number of fused-ring (bicyclic) bond motifs is 2. The summed E-state index contributed by atoms with van der Waals surface area (Å²) in [5.41, 5.74) is 4.21. The van der Waals surface area contributed by atoms with E-state index in [9.17, 15) is 9.59 Å². The van der Waals surface area contributed by atoms with Gasteiger partial charge in [0.05, 0.1) is 0 Å². The fourth-order valence-corrected chi connectivity index (χ4v) is 3.60. The molecule has 132 valence electrons. The summed E-state index contributed by atoms with van der Waals surface area (Å²) < 4.78 is 11.1. The van der Waals surface area contributed by atoms with Gasteiger partial charge >= 0.3 is 5.63 Å². The molecule has 0 bridgehead atoms. The molecule has 3 aromatic rings. The quantitative estimate of drug-likeness (QED) is 0.523. The molecule has 4 nitrogen and oxygen atoms in total. The molecule has 0 spiro atoms. The third-order valence-corrected chi connectivity index (χ3v) is 4.99. The normalized spacial score (nSPS) is 14.2. The zero-order chi connectivity index (χ0) is 18.3. The Bertz CT molecular complexity index is 1060. The van der Waals surface area contributed by atoms with Crippen LogP contribution in [0.15, 0.2) is 51.7 Å². The van der Waals surface area contributed by atoms with Crippen LogP contribution in [0.3, 0.4) is 0 Å². The van der Waals surface area contributed by atoms with Gasteiger partial charge in [-0.2, -0.15) is 0 Å². The van der Waals surface area contributed by atoms with E-state index in [1.165, 1.54) is 17.2 Å². The average Bonchev–Trinajstić information content (AvgIpc) is 3.08. The minimum absolute atomic E-state index is 0.0505. The van der Waals surface area contributed by atoms with E-state index in [0.717, 1.165) is 30.2 Å². The van der Waals surface area contributed by atoms with Crippen molar-refractivity contribution in [1.29, 1.82) is 0 Å². The van der Waals surface area contributed by atoms with Gasteiger partial charge in [0.15, 0.2) is 6.10 Å². The number of hydrogen-bond acceptors (Lipinski definition) is 4. The van der Waals surface area contributed by atoms with Crippen LogP contribution >= 0.6 is 0 Å². The van der Waals surface area contributed by atoms with Gasteiger partial charge in [-0.1, -0.05) is 12.1 Å². The van der Waals surface area contributed by atoms with Gasteiger partial charge in [0.25, 0.3) is 0 Å². The van der Waals surface area contributed by atoms with E-state index in [0.29, 0.717) is 16.9 Å². The first-order valence-corrected chi connectivity index (χ1v) is 8.88. The molecular formula is C22H20O4. The molecule has 0 fully saturated rings. The molecule has 0 unspecified atom stereocenters. The number of ketones is 1. The number of benzene rings is 2. The molecule has 2 aromatic carbocycles. The van der Waals surface area contributed by atoms with Crippen molar-refractivity contribution in [3.05, 3.63) is 75.1 Å². The van der Waals surface area contributed by atoms with Crippen molar-refractivity contribution in [1.82, 2.24) is 0 Å². The third-order valence-electron chi connectivity index (χ3n) is 4.99. The van der Waals surface area contributed by atoms with E-state index < -0.39 is 11.7 Å². The van der Waals surface area contributed by atoms with Crippen molar-refractivity contribution in [3.63, 3.8) is 0 Å². The summed E-state index contributed by atoms with van der Waals surface area (Å²) >= 11 is 0. The van der Waals surface area contributed by atoms with Crippen LogP contribution in [0.2, 0.25) is 0 Å². The maximum absolute atomic E-state index is 12.7. The molecular weight excluding hydrogens is 328 g/mol. The fraction of sp³-hybridized carbons (Fsp3) is 0.273. The SMILES string of the molecule is Cc1cc(=O)oc2cc(O[C@H](C)C(=O)c3ccc4c(c3)CCC4)ccc12. The highest BCUT2D eigenvalue weighted by molar-refractivity contribution is 5.99. The Morgan fingerprint density at radius 1 is 1.08 bits per heavy atom. The molecule has 0 saturated carbocycles. The van der Waals surface area contributed by atoms with Gasteiger partial charge in [0.2, 0.25) is 5.78 Å². The zero-order valence-corrected chi connectivity index (χ0v) is 14.9. The Morgan fingerprint density at radius 2 is 1.88 bits per heavy atom. The van der Waals surface area contributed by atoms with Gasteiger partial charge in [0, 0.05) is 23.1 Å². The smallest absolute Gasteiger partial charge is 0.336 e. The van der Waals surface area contributed by atoms with Crippen molar-refractivity contribution in [2.24, 2.45) is 0 Å². The van der Waals surface area contributed by atoms with Gasteiger partial charge in [-0.15, -0.1) is 0 Å². The molecule has 0 amide bonds. The summed E-state index contributed by atoms with van der Waals surface area (Å²) in [7, 11) is 0. The Labute approximate surface area is 151 Å². The second-order valence-electron chi connectivity index (χ2n) is 6.87. The van der Waals surface area contributed by atoms with Crippen LogP contribution in [0, 0.1) is 6.92 Å². The number of carbonyl (C=O) groups is 1. The van der Waals surface area contributed by atoms with Gasteiger partial charge in [-0.25, -0.2) is 4.79 Å². The number of aryl methyl sites for hydroxylation is 3. The lowest BCUT2D eigenvalue weighted by molar-refractivity contribution is 0.0818. The second kappa shape index (κ2) is 6.45. The van der Waals surface area contributed by atoms with Crippen LogP contribution in [0.25, 0.3) is 11.0 Å². The summed E-state index contributed by atoms with van der Waals surface area (Å²) in [6.07, 6.45) is 2.66. The second-order valence-corrected chi connectivity index (χ2v) is 6.87. The Hall–Kier alpha value is -2.88. The van der Waals surface area contributed by atoms with Crippen molar-refractivity contribution < 1.29 is 13.9 Å². The summed E-state index contributed by atoms with van der Waals surface area (Å²) in [5, 5.41) is 0.856. The van der Waals surface area contributed by atoms with Crippen LogP contribution in [0.5, 0.6) is 5.75 Å². The van der Waals surface area contributed by atoms with Crippen molar-refractivity contribution >= 4 is 16.8 Å². The van der Waals surface area contributed by atoms with Gasteiger partial charge in [0.1, 0.15) is 11.3 Å². The van der Waals surface area contributed by atoms with Crippen LogP contribution in [0.1, 0.15) is 40.4 Å². The molecule has 0 saturated heterocycles. The largest absolute Gasteiger partial charge is 0.482 e. The molecule has 1 aliphatic rings. The van der Waals surface area contributed by atoms with Crippen molar-refractivity contribution in [2.45, 2.75) is 39.2 Å². The Kier molecular flexibility index (Phi) is 4.11. The molecule has 1 heterocycles. The van der Waals surface area contributed by atoms with Crippen LogP contribution in [-0.2, 0) is 12.8 Å². The van der Waals surface area contributed by atoms with E-state index in [2.05, 4.69) is 6.07 Å². The molecule has 0 aliphatic heterocycles. The number of carbonyl (C=O) groups excluding carboxylic acids is 1. The predicted molar refractivity (Wildman–Crippen MR) is 100 cm³/mol. The first-order valence-electron chi connectivity index (χ1n) is 8.88. The number of rotatable bonds is 4. The molecule has 1 aromatic heterocycles. The van der Waals surface area contributed by atoms with Gasteiger partial charge in [-0.05, 0) is 68.0 Å². The lowest BCUT2D eigenvalue weighted by Crippen LogP contribution is -2.24. The van der Waals surface area contributed by atoms with Gasteiger partial charge < -0.3 is 9.15 Å². The van der Waals surface area contributed by atoms with Gasteiger partial charge in [-0.3, -0.25) is 4.79 Å². The van der Waals surface area contributed by atoms with E-state index >= 15 is 0 Å². The minimum atomic E-state index is -0.622. The van der Waals surface area contributed by atoms with E-state index in [1.54, 1.807) is 19.1 Å². The van der Waals surface area contributed by atoms with E-state index in [-0.39, 0.29) is 5.78 Å². The predicted octanol–water partition coefficient (Wildman–Crippen LogP) is 4.24. The molecule has 1 atom stereocenters. The fourth-order valence-electron chi connectivity index (χ4n) is 3.60. The highest BCUT2D eigenvalue weighted by atomic mass is 16.5. The summed E-state index contributed by atoms with van der Waals surface area (Å²) in [6.45, 7) is 3.60. The zero-order valence-electron chi connectivity index (χ0n) is 14.9. The maximum atomic E-state index is 12.7. The van der Waals surface area contributed by atoms with E-state index in [1.807, 2.05) is 25.1 Å². The molecule has 26 heavy (non-hydrogen) atoms. The lowest BCUT2D eigenvalue weighted by Gasteiger charge is -2.15. The van der Waals surface area contributed by atoms with Crippen molar-refractivity contribution in [2.75, 3.05) is 0 Å². The Balaban J connectivity index is 1.57. The molecule has 1 aliphatic carbocycles. The first kappa shape index (κ1) is 16.6. The summed E-state index contributed by atoms with van der Waals surface area (Å²) in [6, 6.07) is 12.7. The first-order chi connectivity index (χ1) is 12.5. The maximum Gasteiger partial charge on any atom is 0.336 e. The lowest BCUT2D eigenvalue weighted by atomic mass is 10.0. The highest BCUT2D eigenvalue weighted by Gasteiger charge is 2.20. The standard InChI is InChI=1S/C22H20O4/c1-13-10-21(23)26-20-12-18(8-9-19(13)20)25-14(2)22(24)17-7-6-15-4-3-5-16(15)11-17/h6-12,14H,3-5H2,1-2H3/t14-/m1/s1. The topological polar surface area (TPSA) is 56.5 Å². The monoisotopic (exact) mass is 348 g/mol. The molecule has 0 radical (unpaired) electrons. The molecule has 4 heteroatoms. The van der Waals surface area contributed by atoms with Crippen molar-refractivity contribution in [3.8, 4) is 5.75 Å². The number of hydrogen-bond donors (Lipinski definition) is 0. The minimum Gasteiger partial charge on any atom is -0.482 e. The average molecular weight is 348 g/mol. The number of ether oxygens (including phenoxy) is 1. The third kappa shape index (κ3) is 3.03.